The minimum Gasteiger partial charge on any atom is -0.357 e. The highest BCUT2D eigenvalue weighted by Crippen LogP contribution is 2.25. The van der Waals surface area contributed by atoms with E-state index in [1.165, 1.54) is 24.1 Å². The topological polar surface area (TPSA) is 86.8 Å². The molecule has 2 amide bonds. The van der Waals surface area contributed by atoms with E-state index in [9.17, 15) is 18.0 Å². The van der Waals surface area contributed by atoms with E-state index in [1.807, 2.05) is 45.0 Å². The lowest BCUT2D eigenvalue weighted by Gasteiger charge is -2.33. The standard InChI is InChI=1S/C28H33N3O4S/c1-5-26(28(33)29-4)30(19-23-12-10-9-11-22(23)3)27(32)20-31(24-13-7-6-8-14-24)36(34,35)25-17-15-21(2)16-18-25/h6-18,26H,5,19-20H2,1-4H3,(H,29,33). The number of benzene rings is 3. The zero-order chi connectivity index (χ0) is 26.3. The van der Waals surface area contributed by atoms with Gasteiger partial charge in [0.2, 0.25) is 11.8 Å². The van der Waals surface area contributed by atoms with Crippen molar-refractivity contribution >= 4 is 27.5 Å². The zero-order valence-corrected chi connectivity index (χ0v) is 22.0. The van der Waals surface area contributed by atoms with Crippen LogP contribution in [0.2, 0.25) is 0 Å². The number of sulfonamides is 1. The lowest BCUT2D eigenvalue weighted by atomic mass is 10.1. The third-order valence-electron chi connectivity index (χ3n) is 6.17. The Morgan fingerprint density at radius 2 is 1.50 bits per heavy atom. The largest absolute Gasteiger partial charge is 0.357 e. The van der Waals surface area contributed by atoms with E-state index in [2.05, 4.69) is 5.32 Å². The molecule has 0 saturated heterocycles. The van der Waals surface area contributed by atoms with Gasteiger partial charge >= 0.3 is 0 Å². The summed E-state index contributed by atoms with van der Waals surface area (Å²) in [7, 11) is -2.53. The number of anilines is 1. The van der Waals surface area contributed by atoms with Gasteiger partial charge in [0, 0.05) is 13.6 Å². The van der Waals surface area contributed by atoms with Crippen molar-refractivity contribution in [2.24, 2.45) is 0 Å². The molecule has 8 heteroatoms. The fourth-order valence-electron chi connectivity index (χ4n) is 4.02. The summed E-state index contributed by atoms with van der Waals surface area (Å²) in [5.41, 5.74) is 3.17. The molecule has 36 heavy (non-hydrogen) atoms. The molecule has 1 N–H and O–H groups in total. The van der Waals surface area contributed by atoms with Gasteiger partial charge in [-0.3, -0.25) is 13.9 Å². The predicted molar refractivity (Wildman–Crippen MR) is 142 cm³/mol. The van der Waals surface area contributed by atoms with Crippen LogP contribution in [0, 0.1) is 13.8 Å². The first kappa shape index (κ1) is 26.9. The van der Waals surface area contributed by atoms with Gasteiger partial charge in [0.1, 0.15) is 12.6 Å². The predicted octanol–water partition coefficient (Wildman–Crippen LogP) is 4.05. The Balaban J connectivity index is 2.04. The molecule has 0 saturated carbocycles. The number of likely N-dealkylation sites (N-methyl/N-ethyl adjacent to an activating group) is 1. The normalized spacial score (nSPS) is 12.0. The van der Waals surface area contributed by atoms with Gasteiger partial charge in [0.15, 0.2) is 0 Å². The van der Waals surface area contributed by atoms with Crippen LogP contribution in [0.25, 0.3) is 0 Å². The Kier molecular flexibility index (Phi) is 8.88. The van der Waals surface area contributed by atoms with E-state index in [1.54, 1.807) is 42.5 Å². The third-order valence-corrected chi connectivity index (χ3v) is 7.95. The van der Waals surface area contributed by atoms with Gasteiger partial charge in [0.25, 0.3) is 10.0 Å². The van der Waals surface area contributed by atoms with E-state index < -0.39 is 28.5 Å². The molecule has 0 fully saturated rings. The number of aryl methyl sites for hydroxylation is 2. The maximum atomic E-state index is 13.8. The average molecular weight is 508 g/mol. The molecule has 1 unspecified atom stereocenters. The van der Waals surface area contributed by atoms with Crippen LogP contribution < -0.4 is 9.62 Å². The summed E-state index contributed by atoms with van der Waals surface area (Å²) in [5.74, 6) is -0.764. The fraction of sp³-hybridized carbons (Fsp3) is 0.286. The first-order chi connectivity index (χ1) is 17.2. The monoisotopic (exact) mass is 507 g/mol. The summed E-state index contributed by atoms with van der Waals surface area (Å²) in [5, 5.41) is 2.63. The molecule has 0 heterocycles. The van der Waals surface area contributed by atoms with Crippen molar-refractivity contribution in [2.75, 3.05) is 17.9 Å². The summed E-state index contributed by atoms with van der Waals surface area (Å²) in [6.07, 6.45) is 0.382. The van der Waals surface area contributed by atoms with Crippen molar-refractivity contribution in [1.29, 1.82) is 0 Å². The van der Waals surface area contributed by atoms with Gasteiger partial charge < -0.3 is 10.2 Å². The Hall–Kier alpha value is -3.65. The number of amides is 2. The summed E-state index contributed by atoms with van der Waals surface area (Å²) < 4.78 is 28.6. The minimum atomic E-state index is -4.05. The van der Waals surface area contributed by atoms with E-state index in [0.717, 1.165) is 21.0 Å². The van der Waals surface area contributed by atoms with Gasteiger partial charge in [-0.25, -0.2) is 8.42 Å². The van der Waals surface area contributed by atoms with E-state index in [4.69, 9.17) is 0 Å². The molecule has 7 nitrogen and oxygen atoms in total. The van der Waals surface area contributed by atoms with Crippen LogP contribution in [0.4, 0.5) is 5.69 Å². The molecule has 0 aliphatic carbocycles. The van der Waals surface area contributed by atoms with Crippen LogP contribution in [-0.4, -0.2) is 44.8 Å². The van der Waals surface area contributed by atoms with Gasteiger partial charge in [-0.2, -0.15) is 0 Å². The number of nitrogens with one attached hydrogen (secondary N) is 1. The summed E-state index contributed by atoms with van der Waals surface area (Å²) >= 11 is 0. The van der Waals surface area contributed by atoms with Gasteiger partial charge in [-0.1, -0.05) is 67.1 Å². The third kappa shape index (κ3) is 6.12. The lowest BCUT2D eigenvalue weighted by Crippen LogP contribution is -2.51. The van der Waals surface area contributed by atoms with E-state index in [-0.39, 0.29) is 17.3 Å². The van der Waals surface area contributed by atoms with Gasteiger partial charge in [0.05, 0.1) is 10.6 Å². The molecule has 0 aliphatic rings. The van der Waals surface area contributed by atoms with Crippen molar-refractivity contribution in [3.63, 3.8) is 0 Å². The van der Waals surface area contributed by atoms with Crippen LogP contribution in [-0.2, 0) is 26.2 Å². The second-order valence-electron chi connectivity index (χ2n) is 8.65. The average Bonchev–Trinajstić information content (AvgIpc) is 2.88. The number of carbonyl (C=O) groups excluding carboxylic acids is 2. The van der Waals surface area contributed by atoms with Gasteiger partial charge in [-0.05, 0) is 55.7 Å². The number of hydrogen-bond donors (Lipinski definition) is 1. The first-order valence-corrected chi connectivity index (χ1v) is 13.3. The highest BCUT2D eigenvalue weighted by molar-refractivity contribution is 7.92. The highest BCUT2D eigenvalue weighted by Gasteiger charge is 2.33. The molecule has 0 spiro atoms. The van der Waals surface area contributed by atoms with Crippen molar-refractivity contribution in [1.82, 2.24) is 10.2 Å². The Morgan fingerprint density at radius 3 is 2.08 bits per heavy atom. The maximum absolute atomic E-state index is 13.8. The minimum absolute atomic E-state index is 0.0912. The van der Waals surface area contributed by atoms with Crippen molar-refractivity contribution in [2.45, 2.75) is 44.7 Å². The fourth-order valence-corrected chi connectivity index (χ4v) is 5.43. The smallest absolute Gasteiger partial charge is 0.264 e. The SMILES string of the molecule is CCC(C(=O)NC)N(Cc1ccccc1C)C(=O)CN(c1ccccc1)S(=O)(=O)c1ccc(C)cc1. The Morgan fingerprint density at radius 1 is 0.889 bits per heavy atom. The molecule has 3 rings (SSSR count). The van der Waals surface area contributed by atoms with Crippen molar-refractivity contribution in [3.05, 3.63) is 95.6 Å². The molecule has 0 bridgehead atoms. The zero-order valence-electron chi connectivity index (χ0n) is 21.1. The highest BCUT2D eigenvalue weighted by atomic mass is 32.2. The quantitative estimate of drug-likeness (QED) is 0.449. The van der Waals surface area contributed by atoms with Crippen molar-refractivity contribution in [3.8, 4) is 0 Å². The number of rotatable bonds is 10. The molecule has 0 radical (unpaired) electrons. The number of hydrogen-bond acceptors (Lipinski definition) is 4. The van der Waals surface area contributed by atoms with Crippen LogP contribution in [0.5, 0.6) is 0 Å². The molecule has 0 aliphatic heterocycles. The van der Waals surface area contributed by atoms with E-state index >= 15 is 0 Å². The van der Waals surface area contributed by atoms with E-state index in [0.29, 0.717) is 12.1 Å². The van der Waals surface area contributed by atoms with Crippen LogP contribution in [0.15, 0.2) is 83.8 Å². The molecular weight excluding hydrogens is 474 g/mol. The molecule has 190 valence electrons. The summed E-state index contributed by atoms with van der Waals surface area (Å²) in [6.45, 7) is 5.39. The number of nitrogens with zero attached hydrogens (tertiary/aromatic N) is 2. The van der Waals surface area contributed by atoms with Crippen LogP contribution >= 0.6 is 0 Å². The number of carbonyl (C=O) groups is 2. The Bertz CT molecular complexity index is 1290. The molecular formula is C28H33N3O4S. The second-order valence-corrected chi connectivity index (χ2v) is 10.5. The summed E-state index contributed by atoms with van der Waals surface area (Å²) in [6, 6.07) is 21.9. The molecule has 3 aromatic rings. The molecule has 1 atom stereocenters. The Labute approximate surface area is 213 Å². The van der Waals surface area contributed by atoms with Gasteiger partial charge in [-0.15, -0.1) is 0 Å². The number of para-hydroxylation sites is 1. The lowest BCUT2D eigenvalue weighted by molar-refractivity contribution is -0.140. The van der Waals surface area contributed by atoms with Crippen LogP contribution in [0.3, 0.4) is 0 Å². The van der Waals surface area contributed by atoms with Crippen molar-refractivity contribution < 1.29 is 18.0 Å². The maximum Gasteiger partial charge on any atom is 0.264 e. The first-order valence-electron chi connectivity index (χ1n) is 11.9. The molecule has 3 aromatic carbocycles. The molecule has 0 aromatic heterocycles. The van der Waals surface area contributed by atoms with Crippen LogP contribution in [0.1, 0.15) is 30.0 Å². The summed E-state index contributed by atoms with van der Waals surface area (Å²) in [4.78, 5) is 28.1. The second kappa shape index (κ2) is 11.9.